The number of rotatable bonds is 5. The first-order chi connectivity index (χ1) is 13.9. The van der Waals surface area contributed by atoms with Gasteiger partial charge in [-0.05, 0) is 32.0 Å². The lowest BCUT2D eigenvalue weighted by atomic mass is 10.1. The number of nitrogens with one attached hydrogen (secondary N) is 2. The maximum absolute atomic E-state index is 12.5. The van der Waals surface area contributed by atoms with E-state index in [0.717, 1.165) is 0 Å². The third kappa shape index (κ3) is 5.28. The quantitative estimate of drug-likeness (QED) is 0.743. The fourth-order valence-electron chi connectivity index (χ4n) is 2.97. The van der Waals surface area contributed by atoms with Crippen LogP contribution in [0.3, 0.4) is 0 Å². The van der Waals surface area contributed by atoms with E-state index in [1.54, 1.807) is 54.5 Å². The summed E-state index contributed by atoms with van der Waals surface area (Å²) in [5, 5.41) is 5.44. The van der Waals surface area contributed by atoms with Crippen molar-refractivity contribution >= 4 is 29.4 Å². The minimum absolute atomic E-state index is 0.0810. The van der Waals surface area contributed by atoms with Crippen LogP contribution >= 0.6 is 0 Å². The monoisotopic (exact) mass is 396 g/mol. The average molecular weight is 396 g/mol. The number of carbonyl (C=O) groups excluding carboxylic acids is 3. The smallest absolute Gasteiger partial charge is 0.318 e. The van der Waals surface area contributed by atoms with Crippen LogP contribution in [0.4, 0.5) is 16.4 Å². The maximum atomic E-state index is 12.5. The SMILES string of the molecule is CC(=O)c1cccc(NC(=O)C(C)NC(=O)N2CCN(c3ncccn3)CC2)c1. The van der Waals surface area contributed by atoms with Crippen molar-refractivity contribution in [1.82, 2.24) is 20.2 Å². The van der Waals surface area contributed by atoms with Crippen molar-refractivity contribution in [3.05, 3.63) is 48.3 Å². The van der Waals surface area contributed by atoms with E-state index in [-0.39, 0.29) is 17.7 Å². The average Bonchev–Trinajstić information content (AvgIpc) is 2.74. The number of hydrogen-bond donors (Lipinski definition) is 2. The zero-order valence-corrected chi connectivity index (χ0v) is 16.5. The molecular formula is C20H24N6O3. The van der Waals surface area contributed by atoms with Crippen molar-refractivity contribution in [1.29, 1.82) is 0 Å². The first-order valence-electron chi connectivity index (χ1n) is 9.43. The van der Waals surface area contributed by atoms with Crippen LogP contribution in [0.25, 0.3) is 0 Å². The Kier molecular flexibility index (Phi) is 6.38. The zero-order chi connectivity index (χ0) is 20.8. The normalized spacial score (nSPS) is 14.8. The first-order valence-corrected chi connectivity index (χ1v) is 9.43. The Balaban J connectivity index is 1.49. The molecule has 0 bridgehead atoms. The molecule has 1 saturated heterocycles. The summed E-state index contributed by atoms with van der Waals surface area (Å²) >= 11 is 0. The van der Waals surface area contributed by atoms with E-state index in [9.17, 15) is 14.4 Å². The van der Waals surface area contributed by atoms with E-state index >= 15 is 0 Å². The number of aromatic nitrogens is 2. The molecule has 0 spiro atoms. The zero-order valence-electron chi connectivity index (χ0n) is 16.5. The van der Waals surface area contributed by atoms with Gasteiger partial charge in [0.1, 0.15) is 6.04 Å². The molecule has 9 heteroatoms. The number of carbonyl (C=O) groups is 3. The molecule has 1 aromatic heterocycles. The summed E-state index contributed by atoms with van der Waals surface area (Å²) in [6.07, 6.45) is 3.38. The highest BCUT2D eigenvalue weighted by atomic mass is 16.2. The minimum atomic E-state index is -0.723. The first kappa shape index (κ1) is 20.2. The molecule has 2 aromatic rings. The minimum Gasteiger partial charge on any atom is -0.337 e. The number of benzene rings is 1. The highest BCUT2D eigenvalue weighted by Gasteiger charge is 2.25. The van der Waals surface area contributed by atoms with Gasteiger partial charge >= 0.3 is 6.03 Å². The van der Waals surface area contributed by atoms with Gasteiger partial charge in [-0.2, -0.15) is 0 Å². The Morgan fingerprint density at radius 3 is 2.38 bits per heavy atom. The van der Waals surface area contributed by atoms with E-state index in [0.29, 0.717) is 43.4 Å². The highest BCUT2D eigenvalue weighted by molar-refractivity contribution is 5.99. The van der Waals surface area contributed by atoms with Gasteiger partial charge in [0.25, 0.3) is 0 Å². The molecule has 0 radical (unpaired) electrons. The van der Waals surface area contributed by atoms with Gasteiger partial charge < -0.3 is 20.4 Å². The van der Waals surface area contributed by atoms with Crippen LogP contribution in [0, 0.1) is 0 Å². The fourth-order valence-corrected chi connectivity index (χ4v) is 2.97. The Hall–Kier alpha value is -3.49. The molecule has 0 saturated carbocycles. The van der Waals surface area contributed by atoms with Crippen molar-refractivity contribution in [3.63, 3.8) is 0 Å². The fraction of sp³-hybridized carbons (Fsp3) is 0.350. The topological polar surface area (TPSA) is 108 Å². The largest absolute Gasteiger partial charge is 0.337 e. The summed E-state index contributed by atoms with van der Waals surface area (Å²) in [5.74, 6) is 0.214. The predicted molar refractivity (Wildman–Crippen MR) is 109 cm³/mol. The van der Waals surface area contributed by atoms with Crippen LogP contribution in [-0.4, -0.2) is 64.8 Å². The number of ketones is 1. The Morgan fingerprint density at radius 1 is 1.03 bits per heavy atom. The van der Waals surface area contributed by atoms with E-state index in [1.807, 2.05) is 4.90 Å². The van der Waals surface area contributed by atoms with Gasteiger partial charge in [0.05, 0.1) is 0 Å². The van der Waals surface area contributed by atoms with Crippen molar-refractivity contribution < 1.29 is 14.4 Å². The summed E-state index contributed by atoms with van der Waals surface area (Å²) in [6, 6.07) is 7.44. The summed E-state index contributed by atoms with van der Waals surface area (Å²) in [5.41, 5.74) is 1.03. The van der Waals surface area contributed by atoms with Gasteiger partial charge in [-0.3, -0.25) is 9.59 Å². The molecule has 1 unspecified atom stereocenters. The van der Waals surface area contributed by atoms with Crippen LogP contribution in [0.1, 0.15) is 24.2 Å². The Bertz CT molecular complexity index is 881. The van der Waals surface area contributed by atoms with Crippen LogP contribution in [-0.2, 0) is 4.79 Å². The van der Waals surface area contributed by atoms with Crippen molar-refractivity contribution in [3.8, 4) is 0 Å². The van der Waals surface area contributed by atoms with Gasteiger partial charge in [-0.15, -0.1) is 0 Å². The third-order valence-electron chi connectivity index (χ3n) is 4.67. The molecule has 1 fully saturated rings. The van der Waals surface area contributed by atoms with Gasteiger partial charge in [0.15, 0.2) is 5.78 Å². The van der Waals surface area contributed by atoms with Gasteiger partial charge in [0.2, 0.25) is 11.9 Å². The second-order valence-corrected chi connectivity index (χ2v) is 6.82. The molecule has 9 nitrogen and oxygen atoms in total. The summed E-state index contributed by atoms with van der Waals surface area (Å²) in [4.78, 5) is 48.5. The number of nitrogens with zero attached hydrogens (tertiary/aromatic N) is 4. The number of urea groups is 1. The number of Topliss-reactive ketones (excluding diaryl/α,β-unsaturated/α-hetero) is 1. The Labute approximate surface area is 169 Å². The van der Waals surface area contributed by atoms with Crippen molar-refractivity contribution in [2.75, 3.05) is 36.4 Å². The molecule has 3 rings (SSSR count). The molecule has 2 heterocycles. The number of anilines is 2. The molecule has 29 heavy (non-hydrogen) atoms. The lowest BCUT2D eigenvalue weighted by Crippen LogP contribution is -2.55. The van der Waals surface area contributed by atoms with E-state index in [1.165, 1.54) is 6.92 Å². The molecule has 152 valence electrons. The predicted octanol–water partition coefficient (Wildman–Crippen LogP) is 1.54. The van der Waals surface area contributed by atoms with Crippen LogP contribution < -0.4 is 15.5 Å². The van der Waals surface area contributed by atoms with E-state index < -0.39 is 6.04 Å². The summed E-state index contributed by atoms with van der Waals surface area (Å²) in [6.45, 7) is 5.35. The van der Waals surface area contributed by atoms with E-state index in [2.05, 4.69) is 20.6 Å². The van der Waals surface area contributed by atoms with Gasteiger partial charge in [-0.1, -0.05) is 12.1 Å². The standard InChI is InChI=1S/C20H24N6O3/c1-14(18(28)24-17-6-3-5-16(13-17)15(2)27)23-20(29)26-11-9-25(10-12-26)19-21-7-4-8-22-19/h3-8,13-14H,9-12H2,1-2H3,(H,23,29)(H,24,28). The maximum Gasteiger partial charge on any atom is 0.318 e. The van der Waals surface area contributed by atoms with Crippen LogP contribution in [0.15, 0.2) is 42.7 Å². The molecule has 1 aliphatic rings. The van der Waals surface area contributed by atoms with Crippen molar-refractivity contribution in [2.24, 2.45) is 0 Å². The van der Waals surface area contributed by atoms with Gasteiger partial charge in [-0.25, -0.2) is 14.8 Å². The number of hydrogen-bond acceptors (Lipinski definition) is 6. The highest BCUT2D eigenvalue weighted by Crippen LogP contribution is 2.12. The molecule has 0 aliphatic carbocycles. The summed E-state index contributed by atoms with van der Waals surface area (Å²) < 4.78 is 0. The second-order valence-electron chi connectivity index (χ2n) is 6.82. The van der Waals surface area contributed by atoms with E-state index in [4.69, 9.17) is 0 Å². The molecule has 3 amide bonds. The summed E-state index contributed by atoms with van der Waals surface area (Å²) in [7, 11) is 0. The number of piperazine rings is 1. The Morgan fingerprint density at radius 2 is 1.72 bits per heavy atom. The lowest BCUT2D eigenvalue weighted by molar-refractivity contribution is -0.117. The molecule has 2 N–H and O–H groups in total. The molecule has 1 aromatic carbocycles. The lowest BCUT2D eigenvalue weighted by Gasteiger charge is -2.35. The second kappa shape index (κ2) is 9.13. The van der Waals surface area contributed by atoms with Crippen molar-refractivity contribution in [2.45, 2.75) is 19.9 Å². The van der Waals surface area contributed by atoms with Crippen LogP contribution in [0.2, 0.25) is 0 Å². The molecule has 1 atom stereocenters. The van der Waals surface area contributed by atoms with Crippen LogP contribution in [0.5, 0.6) is 0 Å². The van der Waals surface area contributed by atoms with Gasteiger partial charge in [0, 0.05) is 49.8 Å². The molecular weight excluding hydrogens is 372 g/mol. The third-order valence-corrected chi connectivity index (χ3v) is 4.67. The number of amides is 3. The molecule has 1 aliphatic heterocycles.